The largest absolute Gasteiger partial charge is 0.465 e. The van der Waals surface area contributed by atoms with Crippen molar-refractivity contribution in [1.29, 1.82) is 0 Å². The molecule has 0 aliphatic rings. The average molecular weight is 378 g/mol. The number of methoxy groups -OCH3 is 2. The number of esters is 2. The van der Waals surface area contributed by atoms with Gasteiger partial charge in [-0.25, -0.2) is 9.59 Å². The Balaban J connectivity index is 2.20. The number of benzene rings is 1. The maximum absolute atomic E-state index is 11.9. The van der Waals surface area contributed by atoms with Gasteiger partial charge in [-0.05, 0) is 36.8 Å². The summed E-state index contributed by atoms with van der Waals surface area (Å²) in [5, 5.41) is 6.81. The first-order valence-corrected chi connectivity index (χ1v) is 8.69. The summed E-state index contributed by atoms with van der Waals surface area (Å²) in [6, 6.07) is 8.64. The van der Waals surface area contributed by atoms with E-state index >= 15 is 0 Å². The van der Waals surface area contributed by atoms with Crippen LogP contribution in [-0.2, 0) is 15.9 Å². The fourth-order valence-corrected chi connectivity index (χ4v) is 3.37. The summed E-state index contributed by atoms with van der Waals surface area (Å²) < 4.78 is 9.56. The lowest BCUT2D eigenvalue weighted by Gasteiger charge is -2.13. The molecular formula is C17H18N2O4S2. The van der Waals surface area contributed by atoms with Crippen molar-refractivity contribution >= 4 is 51.3 Å². The maximum atomic E-state index is 11.9. The third-order valence-electron chi connectivity index (χ3n) is 3.34. The Kier molecular flexibility index (Phi) is 6.49. The van der Waals surface area contributed by atoms with E-state index in [-0.39, 0.29) is 5.11 Å². The summed E-state index contributed by atoms with van der Waals surface area (Å²) in [6.45, 7) is 2.00. The highest BCUT2D eigenvalue weighted by molar-refractivity contribution is 7.80. The number of ether oxygens (including phenoxy) is 2. The summed E-state index contributed by atoms with van der Waals surface area (Å²) in [5.41, 5.74) is 1.30. The first kappa shape index (κ1) is 18.9. The smallest absolute Gasteiger partial charge is 0.340 e. The van der Waals surface area contributed by atoms with Crippen molar-refractivity contribution in [3.8, 4) is 0 Å². The van der Waals surface area contributed by atoms with Crippen LogP contribution in [0.3, 0.4) is 0 Å². The molecule has 25 heavy (non-hydrogen) atoms. The van der Waals surface area contributed by atoms with E-state index in [0.717, 1.165) is 11.3 Å². The van der Waals surface area contributed by atoms with Gasteiger partial charge >= 0.3 is 11.9 Å². The van der Waals surface area contributed by atoms with E-state index in [9.17, 15) is 9.59 Å². The minimum absolute atomic E-state index is 0.256. The second kappa shape index (κ2) is 8.59. The molecule has 1 aromatic carbocycles. The van der Waals surface area contributed by atoms with E-state index in [1.807, 2.05) is 6.92 Å². The van der Waals surface area contributed by atoms with E-state index in [1.165, 1.54) is 25.6 Å². The number of para-hydroxylation sites is 1. The molecule has 0 amide bonds. The Morgan fingerprint density at radius 1 is 1.08 bits per heavy atom. The first-order chi connectivity index (χ1) is 12.0. The lowest BCUT2D eigenvalue weighted by atomic mass is 10.2. The summed E-state index contributed by atoms with van der Waals surface area (Å²) in [5.74, 6) is -0.901. The van der Waals surface area contributed by atoms with Gasteiger partial charge in [0, 0.05) is 4.88 Å². The molecular weight excluding hydrogens is 360 g/mol. The molecule has 0 saturated heterocycles. The van der Waals surface area contributed by atoms with Gasteiger partial charge in [-0.3, -0.25) is 0 Å². The molecule has 0 spiro atoms. The Labute approximate surface area is 155 Å². The first-order valence-electron chi connectivity index (χ1n) is 7.46. The number of carbonyl (C=O) groups excluding carboxylic acids is 2. The second-order valence-corrected chi connectivity index (χ2v) is 6.46. The van der Waals surface area contributed by atoms with Gasteiger partial charge in [-0.15, -0.1) is 11.3 Å². The minimum Gasteiger partial charge on any atom is -0.465 e. The monoisotopic (exact) mass is 378 g/mol. The molecule has 132 valence electrons. The molecule has 0 aliphatic carbocycles. The van der Waals surface area contributed by atoms with Crippen LogP contribution in [0.25, 0.3) is 0 Å². The highest BCUT2D eigenvalue weighted by Gasteiger charge is 2.18. The number of nitrogens with one attached hydrogen (secondary N) is 2. The fourth-order valence-electron chi connectivity index (χ4n) is 2.11. The summed E-state index contributed by atoms with van der Waals surface area (Å²) in [4.78, 5) is 24.7. The van der Waals surface area contributed by atoms with Gasteiger partial charge < -0.3 is 20.1 Å². The molecule has 0 atom stereocenters. The second-order valence-electron chi connectivity index (χ2n) is 4.92. The van der Waals surface area contributed by atoms with Crippen LogP contribution >= 0.6 is 23.6 Å². The average Bonchev–Trinajstić information content (AvgIpc) is 3.03. The van der Waals surface area contributed by atoms with Gasteiger partial charge in [0.25, 0.3) is 0 Å². The Morgan fingerprint density at radius 3 is 2.36 bits per heavy atom. The van der Waals surface area contributed by atoms with Gasteiger partial charge in [-0.2, -0.15) is 0 Å². The van der Waals surface area contributed by atoms with Crippen LogP contribution in [0.2, 0.25) is 0 Å². The zero-order valence-electron chi connectivity index (χ0n) is 14.0. The van der Waals surface area contributed by atoms with Gasteiger partial charge in [-0.1, -0.05) is 19.1 Å². The molecule has 1 heterocycles. The predicted molar refractivity (Wildman–Crippen MR) is 103 cm³/mol. The van der Waals surface area contributed by atoms with Crippen LogP contribution < -0.4 is 10.6 Å². The van der Waals surface area contributed by atoms with Crippen molar-refractivity contribution in [1.82, 2.24) is 0 Å². The molecule has 0 saturated carbocycles. The van der Waals surface area contributed by atoms with Crippen molar-refractivity contribution in [2.75, 3.05) is 24.9 Å². The van der Waals surface area contributed by atoms with Crippen molar-refractivity contribution in [2.24, 2.45) is 0 Å². The number of thiocarbonyl (C=S) groups is 1. The molecule has 2 aromatic rings. The van der Waals surface area contributed by atoms with Crippen LogP contribution in [0.5, 0.6) is 0 Å². The number of carbonyl (C=O) groups is 2. The normalized spacial score (nSPS) is 10.0. The molecule has 0 aliphatic heterocycles. The molecule has 6 nitrogen and oxygen atoms in total. The van der Waals surface area contributed by atoms with Crippen molar-refractivity contribution in [3.05, 3.63) is 46.3 Å². The highest BCUT2D eigenvalue weighted by Crippen LogP contribution is 2.29. The summed E-state index contributed by atoms with van der Waals surface area (Å²) >= 11 is 6.73. The number of hydrogen-bond acceptors (Lipinski definition) is 6. The minimum atomic E-state index is -0.467. The molecule has 8 heteroatoms. The Hall–Kier alpha value is -2.45. The maximum Gasteiger partial charge on any atom is 0.340 e. The third kappa shape index (κ3) is 4.55. The Morgan fingerprint density at radius 2 is 1.72 bits per heavy atom. The van der Waals surface area contributed by atoms with Gasteiger partial charge in [0.15, 0.2) is 5.11 Å². The van der Waals surface area contributed by atoms with Crippen LogP contribution in [-0.4, -0.2) is 31.3 Å². The van der Waals surface area contributed by atoms with E-state index in [4.69, 9.17) is 21.7 Å². The number of thiophene rings is 1. The van der Waals surface area contributed by atoms with Gasteiger partial charge in [0.2, 0.25) is 0 Å². The third-order valence-corrected chi connectivity index (χ3v) is 4.74. The molecule has 0 fully saturated rings. The van der Waals surface area contributed by atoms with E-state index in [1.54, 1.807) is 30.3 Å². The molecule has 0 unspecified atom stereocenters. The highest BCUT2D eigenvalue weighted by atomic mass is 32.1. The summed E-state index contributed by atoms with van der Waals surface area (Å²) in [6.07, 6.45) is 0.793. The van der Waals surface area contributed by atoms with Crippen molar-refractivity contribution in [3.63, 3.8) is 0 Å². The van der Waals surface area contributed by atoms with Crippen molar-refractivity contribution < 1.29 is 19.1 Å². The fraction of sp³-hybridized carbons (Fsp3) is 0.235. The predicted octanol–water partition coefficient (Wildman–Crippen LogP) is 3.69. The lowest BCUT2D eigenvalue weighted by molar-refractivity contribution is 0.0593. The molecule has 1 aromatic heterocycles. The van der Waals surface area contributed by atoms with Crippen LogP contribution in [0.1, 0.15) is 32.5 Å². The van der Waals surface area contributed by atoms with E-state index in [2.05, 4.69) is 10.6 Å². The van der Waals surface area contributed by atoms with Gasteiger partial charge in [0.05, 0.1) is 31.0 Å². The van der Waals surface area contributed by atoms with E-state index in [0.29, 0.717) is 21.8 Å². The molecule has 0 bridgehead atoms. The number of rotatable bonds is 5. The van der Waals surface area contributed by atoms with Gasteiger partial charge in [0.1, 0.15) is 5.00 Å². The quantitative estimate of drug-likeness (QED) is 0.607. The van der Waals surface area contributed by atoms with Crippen LogP contribution in [0.4, 0.5) is 10.7 Å². The standard InChI is InChI=1S/C17H18N2O4S2/c1-4-10-9-12(16(21)23-3)14(25-10)19-17(24)18-13-8-6-5-7-11(13)15(20)22-2/h5-9H,4H2,1-3H3,(H2,18,19,24). The number of anilines is 2. The Bertz CT molecular complexity index is 802. The van der Waals surface area contributed by atoms with Crippen LogP contribution in [0, 0.1) is 0 Å². The summed E-state index contributed by atoms with van der Waals surface area (Å²) in [7, 11) is 2.65. The SMILES string of the molecule is CCc1cc(C(=O)OC)c(NC(=S)Nc2ccccc2C(=O)OC)s1. The van der Waals surface area contributed by atoms with Crippen molar-refractivity contribution in [2.45, 2.75) is 13.3 Å². The van der Waals surface area contributed by atoms with E-state index < -0.39 is 11.9 Å². The number of aryl methyl sites for hydroxylation is 1. The molecule has 2 rings (SSSR count). The van der Waals surface area contributed by atoms with Crippen LogP contribution in [0.15, 0.2) is 30.3 Å². The lowest BCUT2D eigenvalue weighted by Crippen LogP contribution is -2.21. The zero-order chi connectivity index (χ0) is 18.4. The molecule has 0 radical (unpaired) electrons. The molecule has 2 N–H and O–H groups in total. The number of hydrogen-bond donors (Lipinski definition) is 2. The zero-order valence-corrected chi connectivity index (χ0v) is 15.7. The topological polar surface area (TPSA) is 76.7 Å².